The Kier molecular flexibility index (Phi) is 5.49. The standard InChI is InChI=1S/C11H21N5O2S/c1-5-9-14-10(12-2)8-11(15-9)13-6-7-19(17,18)16(3)4/h8H,5-7H2,1-4H3,(H2,12,13,14,15). The summed E-state index contributed by atoms with van der Waals surface area (Å²) >= 11 is 0. The number of hydrogen-bond donors (Lipinski definition) is 2. The number of nitrogens with zero attached hydrogens (tertiary/aromatic N) is 3. The molecule has 0 unspecified atom stereocenters. The molecule has 1 aromatic rings. The molecule has 2 N–H and O–H groups in total. The molecule has 8 heteroatoms. The van der Waals surface area contributed by atoms with Crippen LogP contribution in [0.5, 0.6) is 0 Å². The summed E-state index contributed by atoms with van der Waals surface area (Å²) in [6.45, 7) is 2.28. The molecule has 1 heterocycles. The average molecular weight is 287 g/mol. The number of anilines is 2. The Morgan fingerprint density at radius 2 is 1.89 bits per heavy atom. The van der Waals surface area contributed by atoms with Crippen molar-refractivity contribution >= 4 is 21.7 Å². The lowest BCUT2D eigenvalue weighted by Gasteiger charge is -2.12. The van der Waals surface area contributed by atoms with Crippen LogP contribution in [0.1, 0.15) is 12.7 Å². The molecule has 0 aliphatic rings. The van der Waals surface area contributed by atoms with E-state index in [0.717, 1.165) is 6.42 Å². The highest BCUT2D eigenvalue weighted by molar-refractivity contribution is 7.89. The molecule has 0 radical (unpaired) electrons. The summed E-state index contributed by atoms with van der Waals surface area (Å²) in [6, 6.07) is 1.75. The van der Waals surface area contributed by atoms with Crippen molar-refractivity contribution in [3.63, 3.8) is 0 Å². The van der Waals surface area contributed by atoms with E-state index >= 15 is 0 Å². The fourth-order valence-electron chi connectivity index (χ4n) is 1.36. The smallest absolute Gasteiger partial charge is 0.215 e. The molecule has 0 saturated carbocycles. The van der Waals surface area contributed by atoms with E-state index in [1.165, 1.54) is 18.4 Å². The molecule has 0 atom stereocenters. The van der Waals surface area contributed by atoms with Crippen molar-refractivity contribution in [2.75, 3.05) is 44.1 Å². The van der Waals surface area contributed by atoms with Crippen LogP contribution < -0.4 is 10.6 Å². The first kappa shape index (κ1) is 15.6. The third kappa shape index (κ3) is 4.64. The zero-order valence-electron chi connectivity index (χ0n) is 11.8. The van der Waals surface area contributed by atoms with E-state index in [4.69, 9.17) is 0 Å². The second-order valence-corrected chi connectivity index (χ2v) is 6.49. The van der Waals surface area contributed by atoms with Crippen LogP contribution in [0.2, 0.25) is 0 Å². The minimum Gasteiger partial charge on any atom is -0.373 e. The van der Waals surface area contributed by atoms with Crippen LogP contribution in [0.4, 0.5) is 11.6 Å². The van der Waals surface area contributed by atoms with Gasteiger partial charge in [0.1, 0.15) is 17.5 Å². The number of rotatable bonds is 7. The van der Waals surface area contributed by atoms with Crippen LogP contribution in [-0.4, -0.2) is 56.1 Å². The molecular formula is C11H21N5O2S. The minimum atomic E-state index is -3.19. The molecule has 108 valence electrons. The van der Waals surface area contributed by atoms with E-state index < -0.39 is 10.0 Å². The average Bonchev–Trinajstić information content (AvgIpc) is 2.37. The van der Waals surface area contributed by atoms with Gasteiger partial charge >= 0.3 is 0 Å². The molecule has 0 aromatic carbocycles. The topological polar surface area (TPSA) is 87.2 Å². The van der Waals surface area contributed by atoms with Gasteiger partial charge < -0.3 is 10.6 Å². The Hall–Kier alpha value is -1.41. The van der Waals surface area contributed by atoms with Gasteiger partial charge in [-0.2, -0.15) is 0 Å². The summed E-state index contributed by atoms with van der Waals surface area (Å²) in [5.41, 5.74) is 0. The van der Waals surface area contributed by atoms with Crippen molar-refractivity contribution in [3.05, 3.63) is 11.9 Å². The van der Waals surface area contributed by atoms with Gasteiger partial charge in [-0.1, -0.05) is 6.92 Å². The molecule has 0 spiro atoms. The SMILES string of the molecule is CCc1nc(NC)cc(NCCS(=O)(=O)N(C)C)n1. The van der Waals surface area contributed by atoms with Crippen LogP contribution in [0, 0.1) is 0 Å². The number of sulfonamides is 1. The number of aryl methyl sites for hydroxylation is 1. The van der Waals surface area contributed by atoms with Gasteiger partial charge in [-0.15, -0.1) is 0 Å². The normalized spacial score (nSPS) is 11.6. The molecular weight excluding hydrogens is 266 g/mol. The van der Waals surface area contributed by atoms with Crippen molar-refractivity contribution in [3.8, 4) is 0 Å². The third-order valence-electron chi connectivity index (χ3n) is 2.57. The van der Waals surface area contributed by atoms with Crippen LogP contribution >= 0.6 is 0 Å². The first-order chi connectivity index (χ1) is 8.89. The Labute approximate surface area is 114 Å². The monoisotopic (exact) mass is 287 g/mol. The van der Waals surface area contributed by atoms with Crippen molar-refractivity contribution in [1.29, 1.82) is 0 Å². The van der Waals surface area contributed by atoms with Gasteiger partial charge in [-0.3, -0.25) is 0 Å². The van der Waals surface area contributed by atoms with E-state index in [-0.39, 0.29) is 5.75 Å². The lowest BCUT2D eigenvalue weighted by molar-refractivity contribution is 0.521. The van der Waals surface area contributed by atoms with E-state index in [9.17, 15) is 8.42 Å². The predicted molar refractivity (Wildman–Crippen MR) is 76.9 cm³/mol. The molecule has 0 amide bonds. The van der Waals surface area contributed by atoms with Gasteiger partial charge in [0, 0.05) is 40.2 Å². The van der Waals surface area contributed by atoms with Gasteiger partial charge in [-0.25, -0.2) is 22.7 Å². The first-order valence-corrected chi connectivity index (χ1v) is 7.69. The molecule has 0 aliphatic heterocycles. The molecule has 0 bridgehead atoms. The molecule has 0 aliphatic carbocycles. The Morgan fingerprint density at radius 3 is 2.42 bits per heavy atom. The predicted octanol–water partition coefficient (Wildman–Crippen LogP) is 0.384. The molecule has 0 fully saturated rings. The summed E-state index contributed by atoms with van der Waals surface area (Å²) in [5.74, 6) is 2.08. The Bertz CT molecular complexity index is 494. The van der Waals surface area contributed by atoms with Crippen molar-refractivity contribution in [1.82, 2.24) is 14.3 Å². The lowest BCUT2D eigenvalue weighted by atomic mass is 10.4. The third-order valence-corrected chi connectivity index (χ3v) is 4.40. The molecule has 1 aromatic heterocycles. The molecule has 0 saturated heterocycles. The first-order valence-electron chi connectivity index (χ1n) is 6.09. The molecule has 7 nitrogen and oxygen atoms in total. The summed E-state index contributed by atoms with van der Waals surface area (Å²) in [5, 5.41) is 5.96. The Morgan fingerprint density at radius 1 is 1.26 bits per heavy atom. The van der Waals surface area contributed by atoms with E-state index in [2.05, 4.69) is 20.6 Å². The van der Waals surface area contributed by atoms with Crippen molar-refractivity contribution < 1.29 is 8.42 Å². The van der Waals surface area contributed by atoms with Crippen LogP contribution in [0.25, 0.3) is 0 Å². The van der Waals surface area contributed by atoms with Gasteiger partial charge in [0.05, 0.1) is 5.75 Å². The van der Waals surface area contributed by atoms with E-state index in [0.29, 0.717) is 24.0 Å². The Balaban J connectivity index is 2.68. The number of nitrogens with one attached hydrogen (secondary N) is 2. The quantitative estimate of drug-likeness (QED) is 0.754. The highest BCUT2D eigenvalue weighted by atomic mass is 32.2. The van der Waals surface area contributed by atoms with Crippen LogP contribution in [-0.2, 0) is 16.4 Å². The van der Waals surface area contributed by atoms with Gasteiger partial charge in [-0.05, 0) is 0 Å². The molecule has 1 rings (SSSR count). The highest BCUT2D eigenvalue weighted by Crippen LogP contribution is 2.11. The maximum absolute atomic E-state index is 11.6. The second kappa shape index (κ2) is 6.67. The van der Waals surface area contributed by atoms with Crippen LogP contribution in [0.3, 0.4) is 0 Å². The molecule has 19 heavy (non-hydrogen) atoms. The lowest BCUT2D eigenvalue weighted by Crippen LogP contribution is -2.28. The summed E-state index contributed by atoms with van der Waals surface area (Å²) in [4.78, 5) is 8.56. The maximum Gasteiger partial charge on any atom is 0.215 e. The fraction of sp³-hybridized carbons (Fsp3) is 0.636. The summed E-state index contributed by atoms with van der Waals surface area (Å²) in [7, 11) is 1.64. The van der Waals surface area contributed by atoms with Crippen molar-refractivity contribution in [2.24, 2.45) is 0 Å². The van der Waals surface area contributed by atoms with Gasteiger partial charge in [0.25, 0.3) is 0 Å². The van der Waals surface area contributed by atoms with E-state index in [1.807, 2.05) is 6.92 Å². The van der Waals surface area contributed by atoms with E-state index in [1.54, 1.807) is 13.1 Å². The maximum atomic E-state index is 11.6. The van der Waals surface area contributed by atoms with Gasteiger partial charge in [0.2, 0.25) is 10.0 Å². The van der Waals surface area contributed by atoms with Crippen LogP contribution in [0.15, 0.2) is 6.07 Å². The fourth-order valence-corrected chi connectivity index (χ4v) is 2.09. The number of hydrogen-bond acceptors (Lipinski definition) is 6. The minimum absolute atomic E-state index is 0.0281. The summed E-state index contributed by atoms with van der Waals surface area (Å²) < 4.78 is 24.4. The largest absolute Gasteiger partial charge is 0.373 e. The zero-order chi connectivity index (χ0) is 14.5. The van der Waals surface area contributed by atoms with Crippen molar-refractivity contribution in [2.45, 2.75) is 13.3 Å². The summed E-state index contributed by atoms with van der Waals surface area (Å²) in [6.07, 6.45) is 0.722. The number of aromatic nitrogens is 2. The second-order valence-electron chi connectivity index (χ2n) is 4.18. The zero-order valence-corrected chi connectivity index (χ0v) is 12.6. The highest BCUT2D eigenvalue weighted by Gasteiger charge is 2.13. The van der Waals surface area contributed by atoms with Gasteiger partial charge in [0.15, 0.2) is 0 Å².